The molecule has 2 amide bonds. The number of carbonyl (C=O) groups is 4. The van der Waals surface area contributed by atoms with Crippen LogP contribution in [0.2, 0.25) is 10.0 Å². The van der Waals surface area contributed by atoms with Gasteiger partial charge in [0.15, 0.2) is 0 Å². The predicted molar refractivity (Wildman–Crippen MR) is 193 cm³/mol. The number of halogens is 2. The molecule has 50 heavy (non-hydrogen) atoms. The Bertz CT molecular complexity index is 1870. The number of aliphatic carboxylic acids is 2. The molecule has 5 rings (SSSR count). The van der Waals surface area contributed by atoms with E-state index in [-0.39, 0.29) is 11.8 Å². The van der Waals surface area contributed by atoms with E-state index >= 15 is 0 Å². The molecule has 3 aromatic carbocycles. The Labute approximate surface area is 300 Å². The molecule has 0 aliphatic carbocycles. The number of aromatic nitrogens is 1. The summed E-state index contributed by atoms with van der Waals surface area (Å²) in [6.07, 6.45) is 2.26. The number of methoxy groups -OCH3 is 1. The molecule has 1 atom stereocenters. The molecular formula is C37H38Cl2N4O7. The topological polar surface area (TPSA) is 141 Å². The number of amides is 2. The van der Waals surface area contributed by atoms with E-state index in [0.717, 1.165) is 59.3 Å². The number of carboxylic acids is 2. The van der Waals surface area contributed by atoms with Crippen LogP contribution >= 0.6 is 23.2 Å². The van der Waals surface area contributed by atoms with Crippen molar-refractivity contribution in [2.45, 2.75) is 25.3 Å². The summed E-state index contributed by atoms with van der Waals surface area (Å²) in [6.45, 7) is 2.80. The van der Waals surface area contributed by atoms with Gasteiger partial charge in [-0.25, -0.2) is 14.4 Å². The number of pyridine rings is 1. The number of hydrogen-bond donors (Lipinski definition) is 2. The summed E-state index contributed by atoms with van der Waals surface area (Å²) in [5, 5.41) is 17.5. The predicted octanol–water partition coefficient (Wildman–Crippen LogP) is 6.76. The van der Waals surface area contributed by atoms with Gasteiger partial charge in [-0.1, -0.05) is 65.7 Å². The Balaban J connectivity index is 0.000000627. The number of ether oxygens (including phenoxy) is 1. The lowest BCUT2D eigenvalue weighted by Gasteiger charge is -2.33. The molecule has 0 bridgehead atoms. The van der Waals surface area contributed by atoms with Crippen LogP contribution in [0.25, 0.3) is 10.9 Å². The lowest BCUT2D eigenvalue weighted by atomic mass is 9.93. The maximum atomic E-state index is 13.2. The van der Waals surface area contributed by atoms with Crippen LogP contribution in [-0.2, 0) is 27.3 Å². The molecule has 0 radical (unpaired) electrons. The van der Waals surface area contributed by atoms with Crippen LogP contribution in [0.5, 0.6) is 0 Å². The van der Waals surface area contributed by atoms with Crippen molar-refractivity contribution in [2.75, 3.05) is 45.7 Å². The number of nitrogens with zero attached hydrogens (tertiary/aromatic N) is 4. The van der Waals surface area contributed by atoms with Crippen molar-refractivity contribution in [3.05, 3.63) is 117 Å². The molecule has 0 spiro atoms. The fraction of sp³-hybridized carbons (Fsp3) is 0.270. The van der Waals surface area contributed by atoms with Crippen molar-refractivity contribution in [1.29, 1.82) is 0 Å². The van der Waals surface area contributed by atoms with Crippen LogP contribution in [0.1, 0.15) is 39.5 Å². The monoisotopic (exact) mass is 720 g/mol. The highest BCUT2D eigenvalue weighted by Gasteiger charge is 2.28. The van der Waals surface area contributed by atoms with Crippen molar-refractivity contribution in [3.63, 3.8) is 0 Å². The second-order valence-corrected chi connectivity index (χ2v) is 12.5. The molecule has 0 saturated carbocycles. The smallest absolute Gasteiger partial charge is 0.413 e. The van der Waals surface area contributed by atoms with Crippen molar-refractivity contribution in [3.8, 4) is 0 Å². The minimum Gasteiger partial charge on any atom is -0.478 e. The zero-order valence-corrected chi connectivity index (χ0v) is 29.4. The lowest BCUT2D eigenvalue weighted by Crippen LogP contribution is -2.37. The minimum absolute atomic E-state index is 0.0268. The SMILES string of the molecule is COC(=O)N(C)c1c2c(nc3ccccc13)CCN(CCC(CN(C)C(=O)c1ccccc1)c1ccc(Cl)c(Cl)c1)C2.O=C(O)/C=C/C(=O)O. The molecular weight excluding hydrogens is 683 g/mol. The molecule has 13 heteroatoms. The van der Waals surface area contributed by atoms with Gasteiger partial charge in [-0.2, -0.15) is 0 Å². The van der Waals surface area contributed by atoms with Gasteiger partial charge in [0.25, 0.3) is 5.91 Å². The number of hydrogen-bond acceptors (Lipinski definition) is 7. The van der Waals surface area contributed by atoms with Crippen LogP contribution in [0, 0.1) is 0 Å². The number of fused-ring (bicyclic) bond motifs is 2. The van der Waals surface area contributed by atoms with Gasteiger partial charge in [0.1, 0.15) is 0 Å². The first kappa shape index (κ1) is 37.8. The van der Waals surface area contributed by atoms with E-state index in [0.29, 0.717) is 40.9 Å². The molecule has 2 N–H and O–H groups in total. The molecule has 0 saturated heterocycles. The minimum atomic E-state index is -1.26. The summed E-state index contributed by atoms with van der Waals surface area (Å²) >= 11 is 12.7. The first-order valence-electron chi connectivity index (χ1n) is 15.7. The highest BCUT2D eigenvalue weighted by molar-refractivity contribution is 6.42. The fourth-order valence-electron chi connectivity index (χ4n) is 5.85. The molecule has 11 nitrogen and oxygen atoms in total. The van der Waals surface area contributed by atoms with Gasteiger partial charge in [0.05, 0.1) is 28.4 Å². The van der Waals surface area contributed by atoms with Gasteiger partial charge in [-0.15, -0.1) is 0 Å². The first-order valence-corrected chi connectivity index (χ1v) is 16.5. The number of anilines is 1. The molecule has 2 heterocycles. The molecule has 1 aromatic heterocycles. The number of carboxylic acid groups (broad SMARTS) is 2. The molecule has 262 valence electrons. The number of likely N-dealkylation sites (N-methyl/N-ethyl adjacent to an activating group) is 1. The summed E-state index contributed by atoms with van der Waals surface area (Å²) in [7, 11) is 4.97. The van der Waals surface area contributed by atoms with Crippen LogP contribution in [0.15, 0.2) is 84.9 Å². The number of rotatable bonds is 10. The van der Waals surface area contributed by atoms with Crippen molar-refractivity contribution in [1.82, 2.24) is 14.8 Å². The fourth-order valence-corrected chi connectivity index (χ4v) is 6.16. The van der Waals surface area contributed by atoms with Crippen molar-refractivity contribution in [2.24, 2.45) is 0 Å². The van der Waals surface area contributed by atoms with Crippen LogP contribution < -0.4 is 4.90 Å². The third-order valence-corrected chi connectivity index (χ3v) is 9.06. The van der Waals surface area contributed by atoms with Gasteiger partial charge in [-0.05, 0) is 48.9 Å². The van der Waals surface area contributed by atoms with Crippen LogP contribution in [0.4, 0.5) is 10.5 Å². The normalized spacial score (nSPS) is 13.1. The van der Waals surface area contributed by atoms with Crippen molar-refractivity contribution < 1.29 is 34.1 Å². The average Bonchev–Trinajstić information content (AvgIpc) is 3.12. The summed E-state index contributed by atoms with van der Waals surface area (Å²) in [4.78, 5) is 55.6. The van der Waals surface area contributed by atoms with E-state index in [9.17, 15) is 19.2 Å². The van der Waals surface area contributed by atoms with E-state index in [1.54, 1.807) is 16.8 Å². The Kier molecular flexibility index (Phi) is 13.3. The Morgan fingerprint density at radius 1 is 0.940 bits per heavy atom. The zero-order chi connectivity index (χ0) is 36.4. The summed E-state index contributed by atoms with van der Waals surface area (Å²) in [6, 6.07) is 22.9. The summed E-state index contributed by atoms with van der Waals surface area (Å²) in [5.41, 5.74) is 5.43. The zero-order valence-electron chi connectivity index (χ0n) is 27.9. The summed E-state index contributed by atoms with van der Waals surface area (Å²) < 4.78 is 5.07. The molecule has 4 aromatic rings. The average molecular weight is 722 g/mol. The van der Waals surface area contributed by atoms with E-state index in [4.69, 9.17) is 43.1 Å². The van der Waals surface area contributed by atoms with Crippen LogP contribution in [-0.4, -0.2) is 89.8 Å². The first-order chi connectivity index (χ1) is 23.9. The van der Waals surface area contributed by atoms with Gasteiger partial charge >= 0.3 is 18.0 Å². The molecule has 1 aliphatic heterocycles. The largest absolute Gasteiger partial charge is 0.478 e. The van der Waals surface area contributed by atoms with E-state index in [1.807, 2.05) is 79.8 Å². The highest BCUT2D eigenvalue weighted by atomic mass is 35.5. The molecule has 0 fully saturated rings. The van der Waals surface area contributed by atoms with E-state index in [1.165, 1.54) is 7.11 Å². The van der Waals surface area contributed by atoms with Crippen molar-refractivity contribution >= 4 is 63.7 Å². The van der Waals surface area contributed by atoms with E-state index in [2.05, 4.69) is 4.90 Å². The quantitative estimate of drug-likeness (QED) is 0.170. The molecule has 1 unspecified atom stereocenters. The second-order valence-electron chi connectivity index (χ2n) is 11.7. The standard InChI is InChI=1S/C33H34Cl2N4O3.C4H4O4/c1-37(32(40)22-9-5-4-6-10-22)20-24(23-13-14-27(34)28(35)19-23)15-17-39-18-16-30-26(21-39)31(38(2)33(41)42-3)25-11-7-8-12-29(25)36-30;5-3(6)1-2-4(7)8/h4-14,19,24H,15-18,20-21H2,1-3H3;1-2H,(H,5,6)(H,7,8)/b;2-1+. The summed E-state index contributed by atoms with van der Waals surface area (Å²) in [5.74, 6) is -2.51. The lowest BCUT2D eigenvalue weighted by molar-refractivity contribution is -0.134. The number of benzene rings is 3. The third-order valence-electron chi connectivity index (χ3n) is 8.32. The highest BCUT2D eigenvalue weighted by Crippen LogP contribution is 2.36. The molecule has 1 aliphatic rings. The van der Waals surface area contributed by atoms with Gasteiger partial charge in [-0.3, -0.25) is 19.6 Å². The maximum Gasteiger partial charge on any atom is 0.413 e. The van der Waals surface area contributed by atoms with Gasteiger partial charge in [0, 0.05) is 80.4 Å². The maximum absolute atomic E-state index is 13.2. The Morgan fingerprint density at radius 2 is 1.60 bits per heavy atom. The van der Waals surface area contributed by atoms with Gasteiger partial charge < -0.3 is 19.8 Å². The number of para-hydroxylation sites is 1. The third kappa shape index (κ3) is 9.81. The second kappa shape index (κ2) is 17.6. The van der Waals surface area contributed by atoms with Gasteiger partial charge in [0.2, 0.25) is 0 Å². The Hall–Kier alpha value is -4.97. The Morgan fingerprint density at radius 3 is 2.24 bits per heavy atom. The van der Waals surface area contributed by atoms with Crippen LogP contribution in [0.3, 0.4) is 0 Å². The number of carbonyl (C=O) groups excluding carboxylic acids is 2. The van der Waals surface area contributed by atoms with E-state index < -0.39 is 18.0 Å².